The minimum absolute atomic E-state index is 0.117. The number of nitrogens with two attached hydrogens (primary N) is 1. The highest BCUT2D eigenvalue weighted by Crippen LogP contribution is 2.03. The van der Waals surface area contributed by atoms with Crippen LogP contribution < -0.4 is 11.1 Å². The predicted octanol–water partition coefficient (Wildman–Crippen LogP) is -0.0803. The van der Waals surface area contributed by atoms with Crippen LogP contribution in [0.1, 0.15) is 15.9 Å². The molecule has 3 N–H and O–H groups in total. The summed E-state index contributed by atoms with van der Waals surface area (Å²) in [6.45, 7) is 0.977. The summed E-state index contributed by atoms with van der Waals surface area (Å²) in [7, 11) is -2.92. The summed E-state index contributed by atoms with van der Waals surface area (Å²) < 4.78 is 21.7. The van der Waals surface area contributed by atoms with Gasteiger partial charge in [0.05, 0.1) is 5.75 Å². The molecule has 0 saturated carbocycles. The molecule has 1 rings (SSSR count). The Bertz CT molecular complexity index is 480. The van der Waals surface area contributed by atoms with Crippen LogP contribution in [0.15, 0.2) is 24.3 Å². The molecule has 6 heteroatoms. The summed E-state index contributed by atoms with van der Waals surface area (Å²) in [5.74, 6) is -0.339. The second-order valence-corrected chi connectivity index (χ2v) is 6.13. The monoisotopic (exact) mass is 256 g/mol. The van der Waals surface area contributed by atoms with Crippen LogP contribution in [0.5, 0.6) is 0 Å². The number of primary amides is 1. The van der Waals surface area contributed by atoms with E-state index in [1.165, 1.54) is 6.26 Å². The van der Waals surface area contributed by atoms with Crippen molar-refractivity contribution in [3.63, 3.8) is 0 Å². The van der Waals surface area contributed by atoms with Crippen LogP contribution in [0.25, 0.3) is 0 Å². The lowest BCUT2D eigenvalue weighted by atomic mass is 10.1. The van der Waals surface area contributed by atoms with E-state index >= 15 is 0 Å². The number of rotatable bonds is 6. The normalized spacial score (nSPS) is 11.4. The first-order valence-electron chi connectivity index (χ1n) is 5.16. The van der Waals surface area contributed by atoms with E-state index in [1.54, 1.807) is 24.3 Å². The molecule has 0 saturated heterocycles. The quantitative estimate of drug-likeness (QED) is 0.697. The van der Waals surface area contributed by atoms with Gasteiger partial charge in [0.25, 0.3) is 0 Å². The fourth-order valence-corrected chi connectivity index (χ4v) is 1.79. The molecular formula is C11H16N2O3S. The number of nitrogens with one attached hydrogen (secondary N) is 1. The minimum atomic E-state index is -2.92. The van der Waals surface area contributed by atoms with Crippen molar-refractivity contribution in [1.29, 1.82) is 0 Å². The van der Waals surface area contributed by atoms with Crippen LogP contribution >= 0.6 is 0 Å². The first-order chi connectivity index (χ1) is 7.88. The van der Waals surface area contributed by atoms with Crippen LogP contribution in [0.2, 0.25) is 0 Å². The zero-order valence-corrected chi connectivity index (χ0v) is 10.5. The molecule has 0 aromatic heterocycles. The maximum Gasteiger partial charge on any atom is 0.248 e. The van der Waals surface area contributed by atoms with Crippen molar-refractivity contribution < 1.29 is 13.2 Å². The molecule has 0 unspecified atom stereocenters. The summed E-state index contributed by atoms with van der Waals surface area (Å²) in [5.41, 5.74) is 6.55. The van der Waals surface area contributed by atoms with E-state index < -0.39 is 15.7 Å². The molecule has 0 aliphatic heterocycles. The molecule has 17 heavy (non-hydrogen) atoms. The number of hydrogen-bond acceptors (Lipinski definition) is 4. The summed E-state index contributed by atoms with van der Waals surface area (Å²) in [6.07, 6.45) is 1.20. The third kappa shape index (κ3) is 5.46. The van der Waals surface area contributed by atoms with Gasteiger partial charge in [0.2, 0.25) is 5.91 Å². The van der Waals surface area contributed by atoms with Crippen LogP contribution in [0, 0.1) is 0 Å². The third-order valence-electron chi connectivity index (χ3n) is 2.22. The van der Waals surface area contributed by atoms with Gasteiger partial charge >= 0.3 is 0 Å². The molecule has 1 aromatic carbocycles. The predicted molar refractivity (Wildman–Crippen MR) is 66.4 cm³/mol. The van der Waals surface area contributed by atoms with Gasteiger partial charge in [-0.05, 0) is 17.7 Å². The third-order valence-corrected chi connectivity index (χ3v) is 3.16. The maximum atomic E-state index is 10.9. The van der Waals surface area contributed by atoms with E-state index in [2.05, 4.69) is 5.32 Å². The van der Waals surface area contributed by atoms with Crippen molar-refractivity contribution in [2.24, 2.45) is 5.73 Å². The molecule has 0 heterocycles. The molecule has 0 radical (unpaired) electrons. The fraction of sp³-hybridized carbons (Fsp3) is 0.364. The number of amides is 1. The molecule has 94 valence electrons. The highest BCUT2D eigenvalue weighted by Gasteiger charge is 2.02. The van der Waals surface area contributed by atoms with E-state index in [9.17, 15) is 13.2 Å². The Hall–Kier alpha value is -1.40. The topological polar surface area (TPSA) is 89.3 Å². The lowest BCUT2D eigenvalue weighted by Gasteiger charge is -2.04. The molecule has 0 fully saturated rings. The first kappa shape index (κ1) is 13.7. The van der Waals surface area contributed by atoms with Crippen molar-refractivity contribution >= 4 is 15.7 Å². The number of carbonyl (C=O) groups is 1. The van der Waals surface area contributed by atoms with Crippen molar-refractivity contribution in [2.75, 3.05) is 18.6 Å². The molecule has 5 nitrogen and oxygen atoms in total. The smallest absolute Gasteiger partial charge is 0.248 e. The Balaban J connectivity index is 2.40. The molecule has 0 atom stereocenters. The standard InChI is InChI=1S/C11H16N2O3S/c1-17(15,16)7-6-13-8-9-2-4-10(5-3-9)11(12)14/h2-5,13H,6-8H2,1H3,(H2,12,14). The van der Waals surface area contributed by atoms with E-state index in [0.717, 1.165) is 5.56 Å². The van der Waals surface area contributed by atoms with Crippen LogP contribution in [-0.4, -0.2) is 32.9 Å². The van der Waals surface area contributed by atoms with Gasteiger partial charge < -0.3 is 11.1 Å². The van der Waals surface area contributed by atoms with Gasteiger partial charge in [0.1, 0.15) is 9.84 Å². The number of hydrogen-bond donors (Lipinski definition) is 2. The zero-order valence-electron chi connectivity index (χ0n) is 9.64. The van der Waals surface area contributed by atoms with Gasteiger partial charge in [0, 0.05) is 24.9 Å². The second-order valence-electron chi connectivity index (χ2n) is 3.87. The Morgan fingerprint density at radius 2 is 1.88 bits per heavy atom. The zero-order chi connectivity index (χ0) is 12.9. The Kier molecular flexibility index (Phi) is 4.65. The average Bonchev–Trinajstić information content (AvgIpc) is 2.24. The number of carbonyl (C=O) groups excluding carboxylic acids is 1. The van der Waals surface area contributed by atoms with Crippen LogP contribution in [-0.2, 0) is 16.4 Å². The van der Waals surface area contributed by atoms with Crippen molar-refractivity contribution in [3.8, 4) is 0 Å². The van der Waals surface area contributed by atoms with Crippen molar-refractivity contribution in [2.45, 2.75) is 6.54 Å². The van der Waals surface area contributed by atoms with E-state index in [1.807, 2.05) is 0 Å². The van der Waals surface area contributed by atoms with Gasteiger partial charge in [-0.3, -0.25) is 4.79 Å². The summed E-state index contributed by atoms with van der Waals surface area (Å²) in [6, 6.07) is 6.87. The summed E-state index contributed by atoms with van der Waals surface area (Å²) in [5, 5.41) is 3.01. The van der Waals surface area contributed by atoms with Gasteiger partial charge in [-0.1, -0.05) is 12.1 Å². The maximum absolute atomic E-state index is 10.9. The number of sulfone groups is 1. The van der Waals surface area contributed by atoms with Gasteiger partial charge in [-0.15, -0.1) is 0 Å². The highest BCUT2D eigenvalue weighted by atomic mass is 32.2. The van der Waals surface area contributed by atoms with Crippen molar-refractivity contribution in [1.82, 2.24) is 5.32 Å². The summed E-state index contributed by atoms with van der Waals surface area (Å²) >= 11 is 0. The molecule has 1 aromatic rings. The molecule has 0 aliphatic carbocycles. The second kappa shape index (κ2) is 5.79. The van der Waals surface area contributed by atoms with E-state index in [0.29, 0.717) is 18.7 Å². The van der Waals surface area contributed by atoms with Gasteiger partial charge in [0.15, 0.2) is 0 Å². The fourth-order valence-electron chi connectivity index (χ4n) is 1.28. The Morgan fingerprint density at radius 3 is 2.35 bits per heavy atom. The lowest BCUT2D eigenvalue weighted by molar-refractivity contribution is 0.100. The molecule has 0 bridgehead atoms. The highest BCUT2D eigenvalue weighted by molar-refractivity contribution is 7.90. The van der Waals surface area contributed by atoms with Crippen LogP contribution in [0.4, 0.5) is 0 Å². The largest absolute Gasteiger partial charge is 0.366 e. The lowest BCUT2D eigenvalue weighted by Crippen LogP contribution is -2.22. The van der Waals surface area contributed by atoms with Crippen LogP contribution in [0.3, 0.4) is 0 Å². The van der Waals surface area contributed by atoms with Gasteiger partial charge in [-0.25, -0.2) is 8.42 Å². The molecular weight excluding hydrogens is 240 g/mol. The van der Waals surface area contributed by atoms with Crippen molar-refractivity contribution in [3.05, 3.63) is 35.4 Å². The molecule has 0 aliphatic rings. The summed E-state index contributed by atoms with van der Waals surface area (Å²) in [4.78, 5) is 10.8. The SMILES string of the molecule is CS(=O)(=O)CCNCc1ccc(C(N)=O)cc1. The Labute approximate surface area is 101 Å². The number of benzene rings is 1. The molecule has 1 amide bonds. The Morgan fingerprint density at radius 1 is 1.29 bits per heavy atom. The first-order valence-corrected chi connectivity index (χ1v) is 7.22. The van der Waals surface area contributed by atoms with Gasteiger partial charge in [-0.2, -0.15) is 0 Å². The molecule has 0 spiro atoms. The average molecular weight is 256 g/mol. The van der Waals surface area contributed by atoms with E-state index in [-0.39, 0.29) is 5.75 Å². The minimum Gasteiger partial charge on any atom is -0.366 e. The van der Waals surface area contributed by atoms with E-state index in [4.69, 9.17) is 5.73 Å².